The van der Waals surface area contributed by atoms with Crippen LogP contribution in [-0.2, 0) is 36.4 Å². The Balaban J connectivity index is 0.959. The summed E-state index contributed by atoms with van der Waals surface area (Å²) in [6, 6.07) is 19.3. The highest BCUT2D eigenvalue weighted by Crippen LogP contribution is 2.46. The fourth-order valence-corrected chi connectivity index (χ4v) is 9.15. The van der Waals surface area contributed by atoms with Crippen molar-refractivity contribution >= 4 is 44.6 Å². The van der Waals surface area contributed by atoms with Crippen LogP contribution in [0.4, 0.5) is 0 Å². The van der Waals surface area contributed by atoms with Crippen LogP contribution in [0.25, 0.3) is 21.1 Å². The third-order valence-electron chi connectivity index (χ3n) is 9.09. The molecule has 16 heteroatoms. The van der Waals surface area contributed by atoms with Gasteiger partial charge in [0.2, 0.25) is 0 Å². The lowest BCUT2D eigenvalue weighted by Crippen LogP contribution is -2.31. The maximum absolute atomic E-state index is 13.5. The Morgan fingerprint density at radius 1 is 0.774 bits per heavy atom. The molecule has 13 nitrogen and oxygen atoms in total. The van der Waals surface area contributed by atoms with Gasteiger partial charge in [-0.1, -0.05) is 59.7 Å². The number of amides is 2. The average Bonchev–Trinajstić information content (AvgIpc) is 3.93. The Labute approximate surface area is 312 Å². The SMILES string of the molecule is Cc1ccc(Cn2nc(C(=O)NCCCNC(=O)c3nn(Cc4ccc(C)cc4)c4c3COc3cc(S(=O)(=O)O)sc3-4)c3c2-c2sccc2OC3)cc1. The summed E-state index contributed by atoms with van der Waals surface area (Å²) in [5.74, 6) is 0.325. The zero-order chi connectivity index (χ0) is 36.9. The number of benzene rings is 2. The van der Waals surface area contributed by atoms with Crippen molar-refractivity contribution in [3.8, 4) is 32.6 Å². The number of carbonyl (C=O) groups excluding carboxylic acids is 2. The van der Waals surface area contributed by atoms with E-state index in [-0.39, 0.29) is 42.1 Å². The molecule has 0 radical (unpaired) electrons. The van der Waals surface area contributed by atoms with Crippen molar-refractivity contribution < 1.29 is 32.0 Å². The number of ether oxygens (including phenoxy) is 2. The number of aryl methyl sites for hydroxylation is 2. The van der Waals surface area contributed by atoms with Crippen LogP contribution in [0.3, 0.4) is 0 Å². The van der Waals surface area contributed by atoms with Gasteiger partial charge in [-0.2, -0.15) is 18.6 Å². The molecule has 3 N–H and O–H groups in total. The number of carbonyl (C=O) groups is 2. The lowest BCUT2D eigenvalue weighted by molar-refractivity contribution is 0.0943. The number of nitrogens with zero attached hydrogens (tertiary/aromatic N) is 4. The molecule has 8 rings (SSSR count). The van der Waals surface area contributed by atoms with Crippen LogP contribution < -0.4 is 20.1 Å². The summed E-state index contributed by atoms with van der Waals surface area (Å²) in [7, 11) is -4.47. The molecule has 6 aromatic rings. The molecule has 2 aliphatic rings. The summed E-state index contributed by atoms with van der Waals surface area (Å²) in [6.45, 7) is 5.62. The lowest BCUT2D eigenvalue weighted by Gasteiger charge is -2.16. The molecule has 6 heterocycles. The van der Waals surface area contributed by atoms with Gasteiger partial charge in [0.25, 0.3) is 11.8 Å². The smallest absolute Gasteiger partial charge is 0.304 e. The Hall–Kier alpha value is -5.29. The summed E-state index contributed by atoms with van der Waals surface area (Å²) in [6.07, 6.45) is 0.435. The second-order valence-corrected chi connectivity index (χ2v) is 16.5. The van der Waals surface area contributed by atoms with Gasteiger partial charge in [-0.05, 0) is 42.8 Å². The average molecular weight is 771 g/mol. The van der Waals surface area contributed by atoms with E-state index >= 15 is 0 Å². The highest BCUT2D eigenvalue weighted by Gasteiger charge is 2.33. The van der Waals surface area contributed by atoms with E-state index in [9.17, 15) is 22.6 Å². The predicted molar refractivity (Wildman–Crippen MR) is 199 cm³/mol. The number of thiophene rings is 2. The van der Waals surface area contributed by atoms with Crippen molar-refractivity contribution in [2.45, 2.75) is 50.8 Å². The molecule has 2 amide bonds. The van der Waals surface area contributed by atoms with E-state index in [0.717, 1.165) is 55.5 Å². The van der Waals surface area contributed by atoms with Crippen molar-refractivity contribution in [3.05, 3.63) is 111 Å². The van der Waals surface area contributed by atoms with Crippen molar-refractivity contribution in [2.75, 3.05) is 13.1 Å². The van der Waals surface area contributed by atoms with Gasteiger partial charge in [0.15, 0.2) is 15.6 Å². The second-order valence-electron chi connectivity index (χ2n) is 12.9. The van der Waals surface area contributed by atoms with Gasteiger partial charge >= 0.3 is 10.1 Å². The highest BCUT2D eigenvalue weighted by molar-refractivity contribution is 7.88. The number of fused-ring (bicyclic) bond motifs is 6. The zero-order valence-corrected chi connectivity index (χ0v) is 31.2. The molecule has 0 bridgehead atoms. The Morgan fingerprint density at radius 3 is 1.81 bits per heavy atom. The van der Waals surface area contributed by atoms with E-state index < -0.39 is 16.0 Å². The van der Waals surface area contributed by atoms with Gasteiger partial charge < -0.3 is 20.1 Å². The molecule has 0 spiro atoms. The molecule has 0 saturated carbocycles. The van der Waals surface area contributed by atoms with E-state index in [1.807, 2.05) is 54.2 Å². The Kier molecular flexibility index (Phi) is 9.14. The fraction of sp³-hybridized carbons (Fsp3) is 0.243. The molecule has 4 aromatic heterocycles. The van der Waals surface area contributed by atoms with E-state index in [2.05, 4.69) is 40.0 Å². The first-order valence-electron chi connectivity index (χ1n) is 16.9. The molecule has 0 atom stereocenters. The first-order chi connectivity index (χ1) is 25.5. The number of aromatic nitrogens is 4. The largest absolute Gasteiger partial charge is 0.487 e. The van der Waals surface area contributed by atoms with Gasteiger partial charge in [0.05, 0.1) is 34.2 Å². The summed E-state index contributed by atoms with van der Waals surface area (Å²) in [5.41, 5.74) is 7.43. The normalized spacial score (nSPS) is 12.9. The van der Waals surface area contributed by atoms with E-state index in [0.29, 0.717) is 47.1 Å². The first-order valence-corrected chi connectivity index (χ1v) is 20.0. The maximum Gasteiger partial charge on any atom is 0.304 e. The summed E-state index contributed by atoms with van der Waals surface area (Å²) >= 11 is 2.41. The van der Waals surface area contributed by atoms with Crippen molar-refractivity contribution in [2.24, 2.45) is 0 Å². The molecule has 0 aliphatic carbocycles. The monoisotopic (exact) mass is 770 g/mol. The molecule has 272 valence electrons. The molecule has 0 fully saturated rings. The maximum atomic E-state index is 13.5. The summed E-state index contributed by atoms with van der Waals surface area (Å²) in [5, 5.41) is 17.2. The van der Waals surface area contributed by atoms with Gasteiger partial charge in [-0.3, -0.25) is 23.5 Å². The zero-order valence-electron chi connectivity index (χ0n) is 28.7. The number of hydrogen-bond acceptors (Lipinski definition) is 10. The van der Waals surface area contributed by atoms with Crippen molar-refractivity contribution in [1.29, 1.82) is 0 Å². The standard InChI is InChI=1S/C37H34N6O7S3/c1-21-4-8-23(9-5-21)17-42-32-25(19-49-27-12-15-51-34(27)32)30(40-42)36(44)38-13-3-14-39-37(45)31-26-20-50-28-16-29(53(46,47)48)52-35(28)33(26)43(41-31)18-24-10-6-22(2)7-11-24/h4-12,15-16H,3,13-14,17-20H2,1-2H3,(H,38,44)(H,39,45)(H,46,47,48). The van der Waals surface area contributed by atoms with Gasteiger partial charge in [0, 0.05) is 30.3 Å². The second kappa shape index (κ2) is 13.9. The molecule has 53 heavy (non-hydrogen) atoms. The number of nitrogens with one attached hydrogen (secondary N) is 2. The minimum atomic E-state index is -4.47. The van der Waals surface area contributed by atoms with Crippen LogP contribution >= 0.6 is 22.7 Å². The van der Waals surface area contributed by atoms with E-state index in [1.165, 1.54) is 6.07 Å². The van der Waals surface area contributed by atoms with Crippen LogP contribution in [0.1, 0.15) is 60.8 Å². The molecular weight excluding hydrogens is 737 g/mol. The van der Waals surface area contributed by atoms with Crippen LogP contribution in [0, 0.1) is 13.8 Å². The minimum absolute atomic E-state index is 0.00570. The minimum Gasteiger partial charge on any atom is -0.487 e. The van der Waals surface area contributed by atoms with Crippen molar-refractivity contribution in [1.82, 2.24) is 30.2 Å². The third kappa shape index (κ3) is 6.85. The van der Waals surface area contributed by atoms with Crippen molar-refractivity contribution in [3.63, 3.8) is 0 Å². The van der Waals surface area contributed by atoms with Crippen LogP contribution in [-0.4, -0.2) is 57.4 Å². The van der Waals surface area contributed by atoms with Crippen LogP contribution in [0.2, 0.25) is 0 Å². The first kappa shape index (κ1) is 34.8. The number of hydrogen-bond donors (Lipinski definition) is 3. The Bertz CT molecular complexity index is 2480. The molecule has 0 saturated heterocycles. The van der Waals surface area contributed by atoms with Crippen LogP contribution in [0.15, 0.2) is 70.3 Å². The fourth-order valence-electron chi connectivity index (χ4n) is 6.40. The Morgan fingerprint density at radius 2 is 1.28 bits per heavy atom. The van der Waals surface area contributed by atoms with Crippen LogP contribution in [0.5, 0.6) is 11.5 Å². The predicted octanol–water partition coefficient (Wildman–Crippen LogP) is 5.83. The number of rotatable bonds is 11. The lowest BCUT2D eigenvalue weighted by atomic mass is 10.1. The topological polar surface area (TPSA) is 167 Å². The summed E-state index contributed by atoms with van der Waals surface area (Å²) < 4.78 is 48.7. The third-order valence-corrected chi connectivity index (χ3v) is 12.4. The van der Waals surface area contributed by atoms with E-state index in [4.69, 9.17) is 14.6 Å². The quantitative estimate of drug-likeness (QED) is 0.109. The summed E-state index contributed by atoms with van der Waals surface area (Å²) in [4.78, 5) is 28.4. The molecule has 2 aromatic carbocycles. The molecular formula is C37H34N6O7S3. The molecule has 2 aliphatic heterocycles. The van der Waals surface area contributed by atoms with Gasteiger partial charge in [0.1, 0.15) is 24.7 Å². The highest BCUT2D eigenvalue weighted by atomic mass is 32.3. The van der Waals surface area contributed by atoms with E-state index in [1.54, 1.807) is 16.0 Å². The molecule has 0 unspecified atom stereocenters. The van der Waals surface area contributed by atoms with Gasteiger partial charge in [-0.15, -0.1) is 22.7 Å². The van der Waals surface area contributed by atoms with Gasteiger partial charge in [-0.25, -0.2) is 0 Å².